The molecule has 0 bridgehead atoms. The van der Waals surface area contributed by atoms with Crippen LogP contribution < -0.4 is 22.3 Å². The lowest BCUT2D eigenvalue weighted by Crippen LogP contribution is -2.36. The van der Waals surface area contributed by atoms with Crippen LogP contribution in [0.2, 0.25) is 0 Å². The number of hydrogen-bond acceptors (Lipinski definition) is 9. The molecule has 0 saturated heterocycles. The zero-order valence-corrected chi connectivity index (χ0v) is 19.4. The molecule has 2 aromatic heterocycles. The number of Topliss-reactive ketones (excluding diaryl/α,β-unsaturated/α-hetero) is 1. The number of benzene rings is 1. The fourth-order valence-corrected chi connectivity index (χ4v) is 5.19. The summed E-state index contributed by atoms with van der Waals surface area (Å²) >= 11 is 2.52. The van der Waals surface area contributed by atoms with Crippen molar-refractivity contribution in [1.82, 2.24) is 19.7 Å². The highest BCUT2D eigenvalue weighted by Gasteiger charge is 2.30. The topological polar surface area (TPSA) is 136 Å². The summed E-state index contributed by atoms with van der Waals surface area (Å²) in [6.07, 6.45) is 3.40. The molecule has 9 nitrogen and oxygen atoms in total. The molecule has 0 radical (unpaired) electrons. The Bertz CT molecular complexity index is 1250. The van der Waals surface area contributed by atoms with Gasteiger partial charge in [0.05, 0.1) is 5.75 Å². The van der Waals surface area contributed by atoms with Gasteiger partial charge in [0, 0.05) is 11.7 Å². The molecule has 4 N–H and O–H groups in total. The average Bonchev–Trinajstić information content (AvgIpc) is 3.50. The molecule has 0 amide bonds. The summed E-state index contributed by atoms with van der Waals surface area (Å²) in [5.74, 6) is -0.538. The van der Waals surface area contributed by atoms with Gasteiger partial charge in [0.15, 0.2) is 10.1 Å². The molecule has 0 atom stereocenters. The number of aryl methyl sites for hydroxylation is 2. The lowest BCUT2D eigenvalue weighted by atomic mass is 10.0. The molecular formula is C21H24N6O3S2. The van der Waals surface area contributed by atoms with E-state index < -0.39 is 17.0 Å². The zero-order chi connectivity index (χ0) is 22.8. The van der Waals surface area contributed by atoms with Gasteiger partial charge in [0.25, 0.3) is 5.56 Å². The van der Waals surface area contributed by atoms with Gasteiger partial charge in [-0.2, -0.15) is 0 Å². The fraction of sp³-hybridized carbons (Fsp3) is 0.381. The van der Waals surface area contributed by atoms with Crippen molar-refractivity contribution in [2.24, 2.45) is 0 Å². The van der Waals surface area contributed by atoms with E-state index >= 15 is 0 Å². The molecule has 168 valence electrons. The molecule has 0 aliphatic heterocycles. The van der Waals surface area contributed by atoms with Gasteiger partial charge in [-0.3, -0.25) is 19.1 Å². The summed E-state index contributed by atoms with van der Waals surface area (Å²) in [4.78, 5) is 39.2. The quantitative estimate of drug-likeness (QED) is 0.319. The monoisotopic (exact) mass is 472 g/mol. The number of nitrogens with two attached hydrogens (primary N) is 1. The van der Waals surface area contributed by atoms with Gasteiger partial charge in [0.2, 0.25) is 5.13 Å². The summed E-state index contributed by atoms with van der Waals surface area (Å²) in [6, 6.07) is 6.17. The number of rotatable bonds is 9. The zero-order valence-electron chi connectivity index (χ0n) is 17.8. The first-order chi connectivity index (χ1) is 15.4. The number of thioether (sulfide) groups is 1. The van der Waals surface area contributed by atoms with E-state index in [1.807, 2.05) is 0 Å². The lowest BCUT2D eigenvalue weighted by Gasteiger charge is -2.13. The molecule has 1 aliphatic carbocycles. The van der Waals surface area contributed by atoms with Crippen LogP contribution in [-0.2, 0) is 12.8 Å². The van der Waals surface area contributed by atoms with E-state index in [-0.39, 0.29) is 23.2 Å². The standard InChI is InChI=1S/C21H24N6O3S2/c1-3-11-6-5-7-12(4-2)16(11)23-19-25-26-21(32-19)31-10-14(28)15-17(22)27(13-8-9-13)20(30)24-18(15)29/h5-7,13H,3-4,8-10,22H2,1-2H3,(H,23,25)(H,24,29,30). The summed E-state index contributed by atoms with van der Waals surface area (Å²) in [6.45, 7) is 4.21. The Labute approximate surface area is 192 Å². The number of ketones is 1. The number of aromatic nitrogens is 4. The number of carbonyl (C=O) groups excluding carboxylic acids is 1. The summed E-state index contributed by atoms with van der Waals surface area (Å²) in [7, 11) is 0. The number of carbonyl (C=O) groups is 1. The maximum atomic E-state index is 12.7. The number of H-pyrrole nitrogens is 1. The van der Waals surface area contributed by atoms with Gasteiger partial charge < -0.3 is 11.1 Å². The van der Waals surface area contributed by atoms with Crippen LogP contribution in [0.1, 0.15) is 54.2 Å². The second-order valence-corrected chi connectivity index (χ2v) is 9.69. The molecule has 32 heavy (non-hydrogen) atoms. The first-order valence-corrected chi connectivity index (χ1v) is 12.2. The van der Waals surface area contributed by atoms with Crippen molar-refractivity contribution in [3.8, 4) is 0 Å². The van der Waals surface area contributed by atoms with Crippen molar-refractivity contribution in [3.63, 3.8) is 0 Å². The third-order valence-corrected chi connectivity index (χ3v) is 7.31. The Kier molecular flexibility index (Phi) is 6.47. The normalized spacial score (nSPS) is 13.3. The van der Waals surface area contributed by atoms with Crippen LogP contribution in [0.4, 0.5) is 16.6 Å². The third kappa shape index (κ3) is 4.49. The van der Waals surface area contributed by atoms with Gasteiger partial charge in [-0.05, 0) is 36.8 Å². The molecule has 0 unspecified atom stereocenters. The molecule has 3 aromatic rings. The van der Waals surface area contributed by atoms with E-state index in [9.17, 15) is 14.4 Å². The maximum Gasteiger partial charge on any atom is 0.330 e. The molecular weight excluding hydrogens is 448 g/mol. The van der Waals surface area contributed by atoms with Crippen LogP contribution in [0.5, 0.6) is 0 Å². The summed E-state index contributed by atoms with van der Waals surface area (Å²) < 4.78 is 1.90. The van der Waals surface area contributed by atoms with Crippen LogP contribution >= 0.6 is 23.1 Å². The Hall–Kier alpha value is -2.92. The average molecular weight is 473 g/mol. The summed E-state index contributed by atoms with van der Waals surface area (Å²) in [5, 5.41) is 12.3. The van der Waals surface area contributed by atoms with Gasteiger partial charge in [-0.25, -0.2) is 4.79 Å². The highest BCUT2D eigenvalue weighted by molar-refractivity contribution is 8.01. The number of para-hydroxylation sites is 1. The minimum atomic E-state index is -0.752. The minimum absolute atomic E-state index is 0.0312. The Morgan fingerprint density at radius 2 is 1.94 bits per heavy atom. The highest BCUT2D eigenvalue weighted by Crippen LogP contribution is 2.35. The van der Waals surface area contributed by atoms with E-state index in [1.54, 1.807) is 0 Å². The first kappa shape index (κ1) is 22.3. The molecule has 11 heteroatoms. The van der Waals surface area contributed by atoms with Gasteiger partial charge in [0.1, 0.15) is 11.4 Å². The van der Waals surface area contributed by atoms with Gasteiger partial charge in [-0.15, -0.1) is 10.2 Å². The SMILES string of the molecule is CCc1cccc(CC)c1Nc1nnc(SCC(=O)c2c(N)n(C3CC3)c(=O)[nH]c2=O)s1. The maximum absolute atomic E-state index is 12.7. The van der Waals surface area contributed by atoms with E-state index in [0.717, 1.165) is 31.4 Å². The number of hydrogen-bond donors (Lipinski definition) is 3. The molecule has 0 spiro atoms. The number of aromatic amines is 1. The van der Waals surface area contributed by atoms with Crippen LogP contribution in [0, 0.1) is 0 Å². The van der Waals surface area contributed by atoms with Crippen molar-refractivity contribution in [2.45, 2.75) is 49.9 Å². The number of anilines is 3. The molecule has 1 fully saturated rings. The number of nitrogens with zero attached hydrogens (tertiary/aromatic N) is 3. The van der Waals surface area contributed by atoms with E-state index in [4.69, 9.17) is 5.73 Å². The third-order valence-electron chi connectivity index (χ3n) is 5.34. The van der Waals surface area contributed by atoms with E-state index in [1.165, 1.54) is 38.8 Å². The van der Waals surface area contributed by atoms with Crippen molar-refractivity contribution < 1.29 is 4.79 Å². The molecule has 4 rings (SSSR count). The fourth-order valence-electron chi connectivity index (χ4n) is 3.56. The Morgan fingerprint density at radius 1 is 1.25 bits per heavy atom. The number of nitrogens with one attached hydrogen (secondary N) is 2. The predicted molar refractivity (Wildman–Crippen MR) is 127 cm³/mol. The highest BCUT2D eigenvalue weighted by atomic mass is 32.2. The van der Waals surface area contributed by atoms with Crippen molar-refractivity contribution in [1.29, 1.82) is 0 Å². The molecule has 2 heterocycles. The van der Waals surface area contributed by atoms with Crippen molar-refractivity contribution in [2.75, 3.05) is 16.8 Å². The van der Waals surface area contributed by atoms with Crippen molar-refractivity contribution in [3.05, 3.63) is 55.7 Å². The first-order valence-electron chi connectivity index (χ1n) is 10.4. The van der Waals surface area contributed by atoms with E-state index in [2.05, 4.69) is 52.5 Å². The van der Waals surface area contributed by atoms with Crippen LogP contribution in [-0.4, -0.2) is 31.3 Å². The largest absolute Gasteiger partial charge is 0.384 e. The second-order valence-electron chi connectivity index (χ2n) is 7.49. The van der Waals surface area contributed by atoms with Gasteiger partial charge in [-0.1, -0.05) is 55.1 Å². The van der Waals surface area contributed by atoms with Crippen LogP contribution in [0.3, 0.4) is 0 Å². The minimum Gasteiger partial charge on any atom is -0.384 e. The Balaban J connectivity index is 1.48. The summed E-state index contributed by atoms with van der Waals surface area (Å²) in [5.41, 5.74) is 7.97. The second kappa shape index (κ2) is 9.29. The smallest absolute Gasteiger partial charge is 0.330 e. The number of nitrogen functional groups attached to an aromatic ring is 1. The van der Waals surface area contributed by atoms with Gasteiger partial charge >= 0.3 is 5.69 Å². The van der Waals surface area contributed by atoms with Crippen molar-refractivity contribution >= 4 is 45.5 Å². The lowest BCUT2D eigenvalue weighted by molar-refractivity contribution is 0.102. The van der Waals surface area contributed by atoms with E-state index in [0.29, 0.717) is 9.47 Å². The Morgan fingerprint density at radius 3 is 2.56 bits per heavy atom. The molecule has 1 aliphatic rings. The van der Waals surface area contributed by atoms with Crippen LogP contribution in [0.15, 0.2) is 32.1 Å². The van der Waals surface area contributed by atoms with Crippen LogP contribution in [0.25, 0.3) is 0 Å². The molecule has 1 saturated carbocycles. The molecule has 1 aromatic carbocycles. The predicted octanol–water partition coefficient (Wildman–Crippen LogP) is 3.15.